The molecule has 0 atom stereocenters. The van der Waals surface area contributed by atoms with Gasteiger partial charge < -0.3 is 10.6 Å². The Hall–Kier alpha value is -1.85. The molecule has 7 heteroatoms. The Labute approximate surface area is 139 Å². The number of amides is 1. The fraction of sp³-hybridized carbons (Fsp3) is 0.267. The van der Waals surface area contributed by atoms with Gasteiger partial charge in [0.1, 0.15) is 11.5 Å². The summed E-state index contributed by atoms with van der Waals surface area (Å²) in [6.45, 7) is 2.95. The Bertz CT molecular complexity index is 626. The average molecular weight is 339 g/mol. The average Bonchev–Trinajstić information content (AvgIpc) is 2.47. The largest absolute Gasteiger partial charge is 0.369 e. The van der Waals surface area contributed by atoms with Crippen molar-refractivity contribution in [2.45, 2.75) is 19.8 Å². The molecule has 0 spiro atoms. The van der Waals surface area contributed by atoms with Crippen molar-refractivity contribution in [2.75, 3.05) is 17.2 Å². The third-order valence-corrected chi connectivity index (χ3v) is 3.28. The number of unbranched alkanes of at least 4 members (excludes halogenated alkanes) is 1. The third-order valence-electron chi connectivity index (χ3n) is 2.84. The van der Waals surface area contributed by atoms with Crippen LogP contribution in [0.15, 0.2) is 30.6 Å². The number of rotatable bonds is 6. The third kappa shape index (κ3) is 4.86. The molecule has 1 heterocycles. The molecule has 22 heavy (non-hydrogen) atoms. The first kappa shape index (κ1) is 16.5. The van der Waals surface area contributed by atoms with Gasteiger partial charge in [0, 0.05) is 22.3 Å². The van der Waals surface area contributed by atoms with E-state index in [1.54, 1.807) is 18.2 Å². The number of benzene rings is 1. The Morgan fingerprint density at radius 2 is 1.86 bits per heavy atom. The minimum absolute atomic E-state index is 0.220. The minimum atomic E-state index is -0.369. The van der Waals surface area contributed by atoms with Crippen molar-refractivity contribution in [3.8, 4) is 0 Å². The van der Waals surface area contributed by atoms with Gasteiger partial charge in [-0.05, 0) is 24.6 Å². The highest BCUT2D eigenvalue weighted by Crippen LogP contribution is 2.22. The van der Waals surface area contributed by atoms with E-state index in [9.17, 15) is 4.79 Å². The SMILES string of the molecule is CCCCNc1cnc(C(=O)Nc2cc(Cl)cc(Cl)c2)cn1. The van der Waals surface area contributed by atoms with E-state index in [1.165, 1.54) is 12.4 Å². The fourth-order valence-electron chi connectivity index (χ4n) is 1.75. The molecule has 0 unspecified atom stereocenters. The van der Waals surface area contributed by atoms with Gasteiger partial charge in [-0.15, -0.1) is 0 Å². The number of carbonyl (C=O) groups is 1. The standard InChI is InChI=1S/C15H16Cl2N4O/c1-2-3-4-18-14-9-19-13(8-20-14)15(22)21-12-6-10(16)5-11(17)7-12/h5-9H,2-4H2,1H3,(H,18,20)(H,21,22). The molecule has 1 aromatic heterocycles. The summed E-state index contributed by atoms with van der Waals surface area (Å²) in [5.41, 5.74) is 0.728. The van der Waals surface area contributed by atoms with Crippen molar-refractivity contribution in [3.63, 3.8) is 0 Å². The van der Waals surface area contributed by atoms with Gasteiger partial charge in [-0.1, -0.05) is 36.5 Å². The van der Waals surface area contributed by atoms with Gasteiger partial charge in [0.15, 0.2) is 0 Å². The quantitative estimate of drug-likeness (QED) is 0.772. The van der Waals surface area contributed by atoms with Crippen molar-refractivity contribution < 1.29 is 4.79 Å². The van der Waals surface area contributed by atoms with Crippen molar-refractivity contribution in [1.82, 2.24) is 9.97 Å². The smallest absolute Gasteiger partial charge is 0.275 e. The molecule has 2 N–H and O–H groups in total. The van der Waals surface area contributed by atoms with E-state index in [0.29, 0.717) is 21.6 Å². The van der Waals surface area contributed by atoms with Crippen LogP contribution in [-0.2, 0) is 0 Å². The van der Waals surface area contributed by atoms with E-state index in [0.717, 1.165) is 19.4 Å². The van der Waals surface area contributed by atoms with E-state index in [-0.39, 0.29) is 11.6 Å². The normalized spacial score (nSPS) is 10.3. The number of aromatic nitrogens is 2. The van der Waals surface area contributed by atoms with Crippen LogP contribution in [0.25, 0.3) is 0 Å². The molecule has 0 bridgehead atoms. The molecule has 1 amide bonds. The summed E-state index contributed by atoms with van der Waals surface area (Å²) in [4.78, 5) is 20.3. The van der Waals surface area contributed by atoms with Crippen molar-refractivity contribution in [2.24, 2.45) is 0 Å². The van der Waals surface area contributed by atoms with Crippen LogP contribution >= 0.6 is 23.2 Å². The molecule has 0 aliphatic carbocycles. The summed E-state index contributed by atoms with van der Waals surface area (Å²) < 4.78 is 0. The van der Waals surface area contributed by atoms with Gasteiger partial charge in [0.05, 0.1) is 12.4 Å². The Morgan fingerprint density at radius 3 is 2.45 bits per heavy atom. The van der Waals surface area contributed by atoms with Gasteiger partial charge in [-0.2, -0.15) is 0 Å². The number of carbonyl (C=O) groups excluding carboxylic acids is 1. The van der Waals surface area contributed by atoms with Crippen LogP contribution in [0, 0.1) is 0 Å². The second kappa shape index (κ2) is 7.96. The monoisotopic (exact) mass is 338 g/mol. The first-order chi connectivity index (χ1) is 10.6. The highest BCUT2D eigenvalue weighted by atomic mass is 35.5. The molecular weight excluding hydrogens is 323 g/mol. The maximum absolute atomic E-state index is 12.1. The van der Waals surface area contributed by atoms with Crippen LogP contribution < -0.4 is 10.6 Å². The first-order valence-corrected chi connectivity index (χ1v) is 7.67. The molecule has 2 aromatic rings. The zero-order chi connectivity index (χ0) is 15.9. The first-order valence-electron chi connectivity index (χ1n) is 6.92. The van der Waals surface area contributed by atoms with Crippen LogP contribution in [0.5, 0.6) is 0 Å². The van der Waals surface area contributed by atoms with Gasteiger partial charge in [0.2, 0.25) is 0 Å². The molecule has 5 nitrogen and oxygen atoms in total. The number of nitrogens with one attached hydrogen (secondary N) is 2. The van der Waals surface area contributed by atoms with Crippen LogP contribution in [0.2, 0.25) is 10.0 Å². The van der Waals surface area contributed by atoms with Crippen molar-refractivity contribution >= 4 is 40.6 Å². The Morgan fingerprint density at radius 1 is 1.14 bits per heavy atom. The molecule has 0 aliphatic heterocycles. The molecule has 2 rings (SSSR count). The molecule has 0 fully saturated rings. The van der Waals surface area contributed by atoms with E-state index < -0.39 is 0 Å². The summed E-state index contributed by atoms with van der Waals surface area (Å²) in [5, 5.41) is 6.71. The van der Waals surface area contributed by atoms with Crippen molar-refractivity contribution in [3.05, 3.63) is 46.3 Å². The molecule has 0 saturated carbocycles. The van der Waals surface area contributed by atoms with E-state index in [4.69, 9.17) is 23.2 Å². The summed E-state index contributed by atoms with van der Waals surface area (Å²) in [7, 11) is 0. The fourth-order valence-corrected chi connectivity index (χ4v) is 2.28. The molecule has 0 saturated heterocycles. The minimum Gasteiger partial charge on any atom is -0.369 e. The number of hydrogen-bond donors (Lipinski definition) is 2. The predicted octanol–water partition coefficient (Wildman–Crippen LogP) is 4.25. The van der Waals surface area contributed by atoms with E-state index in [1.807, 2.05) is 0 Å². The number of nitrogens with zero attached hydrogens (tertiary/aromatic N) is 2. The van der Waals surface area contributed by atoms with E-state index >= 15 is 0 Å². The topological polar surface area (TPSA) is 66.9 Å². The number of halogens is 2. The summed E-state index contributed by atoms with van der Waals surface area (Å²) in [6.07, 6.45) is 5.12. The second-order valence-corrected chi connectivity index (χ2v) is 5.55. The lowest BCUT2D eigenvalue weighted by Gasteiger charge is -2.07. The lowest BCUT2D eigenvalue weighted by molar-refractivity contribution is 0.102. The number of hydrogen-bond acceptors (Lipinski definition) is 4. The maximum Gasteiger partial charge on any atom is 0.275 e. The highest BCUT2D eigenvalue weighted by Gasteiger charge is 2.09. The van der Waals surface area contributed by atoms with Crippen LogP contribution in [0.1, 0.15) is 30.3 Å². The van der Waals surface area contributed by atoms with Crippen LogP contribution in [0.4, 0.5) is 11.5 Å². The molecule has 0 aliphatic rings. The molecular formula is C15H16Cl2N4O. The van der Waals surface area contributed by atoms with Gasteiger partial charge in [0.25, 0.3) is 5.91 Å². The maximum atomic E-state index is 12.1. The second-order valence-electron chi connectivity index (χ2n) is 4.68. The summed E-state index contributed by atoms with van der Waals surface area (Å²) in [5.74, 6) is 0.279. The molecule has 1 aromatic carbocycles. The zero-order valence-corrected chi connectivity index (χ0v) is 13.6. The van der Waals surface area contributed by atoms with Gasteiger partial charge >= 0.3 is 0 Å². The van der Waals surface area contributed by atoms with Gasteiger partial charge in [-0.25, -0.2) is 9.97 Å². The van der Waals surface area contributed by atoms with Crippen LogP contribution in [0.3, 0.4) is 0 Å². The summed E-state index contributed by atoms with van der Waals surface area (Å²) in [6, 6.07) is 4.81. The summed E-state index contributed by atoms with van der Waals surface area (Å²) >= 11 is 11.8. The molecule has 0 radical (unpaired) electrons. The highest BCUT2D eigenvalue weighted by molar-refractivity contribution is 6.35. The Balaban J connectivity index is 2.00. The van der Waals surface area contributed by atoms with Crippen LogP contribution in [-0.4, -0.2) is 22.4 Å². The predicted molar refractivity (Wildman–Crippen MR) is 89.8 cm³/mol. The Kier molecular flexibility index (Phi) is 5.98. The lowest BCUT2D eigenvalue weighted by atomic mass is 10.3. The lowest BCUT2D eigenvalue weighted by Crippen LogP contribution is -2.14. The number of anilines is 2. The zero-order valence-electron chi connectivity index (χ0n) is 12.1. The van der Waals surface area contributed by atoms with Gasteiger partial charge in [-0.3, -0.25) is 4.79 Å². The van der Waals surface area contributed by atoms with E-state index in [2.05, 4.69) is 27.5 Å². The van der Waals surface area contributed by atoms with Crippen molar-refractivity contribution in [1.29, 1.82) is 0 Å². The molecule has 116 valence electrons.